The van der Waals surface area contributed by atoms with Gasteiger partial charge in [-0.2, -0.15) is 0 Å². The lowest BCUT2D eigenvalue weighted by Crippen LogP contribution is -2.00. The second kappa shape index (κ2) is 4.34. The lowest BCUT2D eigenvalue weighted by atomic mass is 9.90. The predicted molar refractivity (Wildman–Crippen MR) is 99.7 cm³/mol. The van der Waals surface area contributed by atoms with Gasteiger partial charge >= 0.3 is 0 Å². The van der Waals surface area contributed by atoms with Crippen molar-refractivity contribution in [2.24, 2.45) is 0 Å². The fourth-order valence-electron chi connectivity index (χ4n) is 3.40. The van der Waals surface area contributed by atoms with E-state index >= 15 is 0 Å². The molecule has 100 valence electrons. The Labute approximate surface area is 133 Å². The van der Waals surface area contributed by atoms with Crippen LogP contribution in [0.2, 0.25) is 0 Å². The summed E-state index contributed by atoms with van der Waals surface area (Å²) in [5, 5.41) is 7.69. The molecule has 1 heterocycles. The molecule has 0 aliphatic rings. The first kappa shape index (κ1) is 12.3. The summed E-state index contributed by atoms with van der Waals surface area (Å²) in [5.74, 6) is 0. The van der Waals surface area contributed by atoms with Crippen molar-refractivity contribution in [2.75, 3.05) is 0 Å². The summed E-state index contributed by atoms with van der Waals surface area (Å²) < 4.78 is 2.60. The highest BCUT2D eigenvalue weighted by Crippen LogP contribution is 2.40. The van der Waals surface area contributed by atoms with E-state index in [0.717, 1.165) is 5.46 Å². The van der Waals surface area contributed by atoms with Crippen molar-refractivity contribution in [2.45, 2.75) is 0 Å². The van der Waals surface area contributed by atoms with Crippen LogP contribution < -0.4 is 5.46 Å². The van der Waals surface area contributed by atoms with E-state index in [9.17, 15) is 0 Å². The van der Waals surface area contributed by atoms with Gasteiger partial charge in [-0.05, 0) is 27.6 Å². The molecule has 0 saturated carbocycles. The van der Waals surface area contributed by atoms with Gasteiger partial charge in [-0.15, -0.1) is 11.3 Å². The first-order valence-electron chi connectivity index (χ1n) is 7.34. The van der Waals surface area contributed by atoms with Crippen LogP contribution >= 0.6 is 11.3 Å². The van der Waals surface area contributed by atoms with E-state index in [-0.39, 0.29) is 0 Å². The van der Waals surface area contributed by atoms with E-state index in [1.807, 2.05) is 23.5 Å². The third-order valence-electron chi connectivity index (χ3n) is 4.40. The van der Waals surface area contributed by atoms with Crippen LogP contribution in [0, 0.1) is 0 Å². The molecular formula is C20H11BS. The minimum atomic E-state index is 0.864. The Bertz CT molecular complexity index is 1180. The molecule has 0 N–H and O–H groups in total. The van der Waals surface area contributed by atoms with Crippen LogP contribution in [0.25, 0.3) is 41.7 Å². The standard InChI is InChI=1S/C20H11BS/c21-16-6-3-7-17-19(16)15-11-10-13-9-8-12-4-1-2-5-14(12)18(13)20(15)22-17/h1-11H. The molecule has 2 radical (unpaired) electrons. The minimum absolute atomic E-state index is 0.864. The third kappa shape index (κ3) is 1.53. The molecule has 2 heteroatoms. The van der Waals surface area contributed by atoms with Gasteiger partial charge in [-0.25, -0.2) is 0 Å². The Morgan fingerprint density at radius 3 is 2.41 bits per heavy atom. The van der Waals surface area contributed by atoms with Crippen LogP contribution in [0.4, 0.5) is 0 Å². The molecule has 22 heavy (non-hydrogen) atoms. The third-order valence-corrected chi connectivity index (χ3v) is 5.59. The normalized spacial score (nSPS) is 11.8. The second-order valence-electron chi connectivity index (χ2n) is 5.65. The molecule has 0 unspecified atom stereocenters. The summed E-state index contributed by atoms with van der Waals surface area (Å²) in [6.07, 6.45) is 0. The second-order valence-corrected chi connectivity index (χ2v) is 6.70. The van der Waals surface area contributed by atoms with Gasteiger partial charge in [0.2, 0.25) is 0 Å². The van der Waals surface area contributed by atoms with E-state index in [1.54, 1.807) is 0 Å². The highest BCUT2D eigenvalue weighted by Gasteiger charge is 2.11. The maximum Gasteiger partial charge on any atom is 0.114 e. The summed E-state index contributed by atoms with van der Waals surface area (Å²) in [7, 11) is 6.23. The first-order chi connectivity index (χ1) is 10.8. The van der Waals surface area contributed by atoms with Gasteiger partial charge in [0.15, 0.2) is 0 Å². The molecule has 0 aliphatic carbocycles. The van der Waals surface area contributed by atoms with Crippen molar-refractivity contribution in [1.82, 2.24) is 0 Å². The number of fused-ring (bicyclic) bond motifs is 7. The van der Waals surface area contributed by atoms with Crippen molar-refractivity contribution < 1.29 is 0 Å². The summed E-state index contributed by atoms with van der Waals surface area (Å²) in [4.78, 5) is 0. The Balaban J connectivity index is 2.14. The topological polar surface area (TPSA) is 0 Å². The van der Waals surface area contributed by atoms with Gasteiger partial charge in [0, 0.05) is 20.2 Å². The molecule has 0 bridgehead atoms. The van der Waals surface area contributed by atoms with Gasteiger partial charge in [-0.1, -0.05) is 66.1 Å². The van der Waals surface area contributed by atoms with Crippen molar-refractivity contribution in [1.29, 1.82) is 0 Å². The Morgan fingerprint density at radius 2 is 1.45 bits per heavy atom. The molecule has 5 rings (SSSR count). The molecule has 0 nitrogen and oxygen atoms in total. The SMILES string of the molecule is [B]c1cccc2sc3c(ccc4ccc5ccccc5c43)c12. The molecule has 0 amide bonds. The highest BCUT2D eigenvalue weighted by molar-refractivity contribution is 7.27. The summed E-state index contributed by atoms with van der Waals surface area (Å²) in [6.45, 7) is 0. The van der Waals surface area contributed by atoms with Gasteiger partial charge in [0.05, 0.1) is 0 Å². The van der Waals surface area contributed by atoms with Gasteiger partial charge in [0.25, 0.3) is 0 Å². The van der Waals surface area contributed by atoms with Crippen molar-refractivity contribution in [3.63, 3.8) is 0 Å². The van der Waals surface area contributed by atoms with Gasteiger partial charge < -0.3 is 0 Å². The Kier molecular flexibility index (Phi) is 2.42. The maximum absolute atomic E-state index is 6.23. The zero-order valence-corrected chi connectivity index (χ0v) is 12.7. The zero-order valence-electron chi connectivity index (χ0n) is 11.8. The largest absolute Gasteiger partial charge is 0.135 e. The average molecular weight is 294 g/mol. The highest BCUT2D eigenvalue weighted by atomic mass is 32.1. The molecule has 0 spiro atoms. The lowest BCUT2D eigenvalue weighted by Gasteiger charge is -2.05. The van der Waals surface area contributed by atoms with Gasteiger partial charge in [-0.3, -0.25) is 0 Å². The summed E-state index contributed by atoms with van der Waals surface area (Å²) in [6, 6.07) is 23.6. The molecule has 5 aromatic rings. The van der Waals surface area contributed by atoms with Crippen molar-refractivity contribution >= 4 is 66.4 Å². The fraction of sp³-hybridized carbons (Fsp3) is 0. The number of rotatable bonds is 0. The fourth-order valence-corrected chi connectivity index (χ4v) is 4.70. The smallest absolute Gasteiger partial charge is 0.114 e. The molecular weight excluding hydrogens is 283 g/mol. The summed E-state index contributed by atoms with van der Waals surface area (Å²) in [5.41, 5.74) is 0.864. The Hall–Kier alpha value is -2.32. The minimum Gasteiger partial charge on any atom is -0.135 e. The molecule has 0 saturated heterocycles. The monoisotopic (exact) mass is 294 g/mol. The molecule has 0 atom stereocenters. The van der Waals surface area contributed by atoms with Crippen LogP contribution in [0.5, 0.6) is 0 Å². The maximum atomic E-state index is 6.23. The van der Waals surface area contributed by atoms with Crippen LogP contribution in [-0.4, -0.2) is 7.85 Å². The van der Waals surface area contributed by atoms with E-state index < -0.39 is 0 Å². The quantitative estimate of drug-likeness (QED) is 0.273. The van der Waals surface area contributed by atoms with E-state index in [4.69, 9.17) is 7.85 Å². The number of hydrogen-bond donors (Lipinski definition) is 0. The van der Waals surface area contributed by atoms with Crippen LogP contribution in [0.3, 0.4) is 0 Å². The van der Waals surface area contributed by atoms with Crippen molar-refractivity contribution in [3.05, 3.63) is 66.7 Å². The molecule has 1 aromatic heterocycles. The number of hydrogen-bond acceptors (Lipinski definition) is 1. The molecule has 0 aliphatic heterocycles. The molecule has 4 aromatic carbocycles. The van der Waals surface area contributed by atoms with Gasteiger partial charge in [0.1, 0.15) is 7.85 Å². The lowest BCUT2D eigenvalue weighted by molar-refractivity contribution is 1.80. The zero-order chi connectivity index (χ0) is 14.7. The van der Waals surface area contributed by atoms with Crippen molar-refractivity contribution in [3.8, 4) is 0 Å². The number of thiophene rings is 1. The van der Waals surface area contributed by atoms with E-state index in [0.29, 0.717) is 0 Å². The predicted octanol–water partition coefficient (Wildman–Crippen LogP) is 5.15. The van der Waals surface area contributed by atoms with Crippen LogP contribution in [0.1, 0.15) is 0 Å². The average Bonchev–Trinajstić information content (AvgIpc) is 2.94. The number of benzene rings is 4. The Morgan fingerprint density at radius 1 is 0.636 bits per heavy atom. The van der Waals surface area contributed by atoms with E-state index in [2.05, 4.69) is 54.6 Å². The van der Waals surface area contributed by atoms with Crippen LogP contribution in [-0.2, 0) is 0 Å². The van der Waals surface area contributed by atoms with Crippen LogP contribution in [0.15, 0.2) is 66.7 Å². The summed E-state index contributed by atoms with van der Waals surface area (Å²) >= 11 is 1.84. The first-order valence-corrected chi connectivity index (χ1v) is 8.16. The molecule has 0 fully saturated rings. The van der Waals surface area contributed by atoms with E-state index in [1.165, 1.54) is 41.7 Å².